The standard InChI is InChI=1S/C30H38N6OS/c1-3-23-15-17-36(18-16-23)27-13-11-25(12-14-27)34-30-31-20-22(2)29(35-30)33-26-9-6-10-28(19-26)38(37)21-32-24-7-4-5-8-24/h3,6,9-14,19-20,24,32H,4-5,7-8,15-18,21H2,1-2H3,(H2,31,33,34,35). The van der Waals surface area contributed by atoms with Crippen molar-refractivity contribution >= 4 is 39.6 Å². The number of aryl methyl sites for hydroxylation is 1. The Hall–Kier alpha value is -3.23. The summed E-state index contributed by atoms with van der Waals surface area (Å²) in [6, 6.07) is 16.7. The van der Waals surface area contributed by atoms with Gasteiger partial charge in [-0.2, -0.15) is 4.98 Å². The van der Waals surface area contributed by atoms with Gasteiger partial charge < -0.3 is 20.9 Å². The van der Waals surface area contributed by atoms with E-state index < -0.39 is 10.8 Å². The zero-order chi connectivity index (χ0) is 26.3. The minimum absolute atomic E-state index is 0.488. The van der Waals surface area contributed by atoms with Crippen molar-refractivity contribution < 1.29 is 4.21 Å². The molecule has 0 amide bonds. The molecule has 7 nitrogen and oxygen atoms in total. The second kappa shape index (κ2) is 12.5. The van der Waals surface area contributed by atoms with Crippen molar-refractivity contribution in [3.63, 3.8) is 0 Å². The van der Waals surface area contributed by atoms with Crippen molar-refractivity contribution in [3.8, 4) is 0 Å². The molecule has 1 saturated heterocycles. The first kappa shape index (κ1) is 26.4. The van der Waals surface area contributed by atoms with Crippen LogP contribution in [0, 0.1) is 6.92 Å². The summed E-state index contributed by atoms with van der Waals surface area (Å²) in [5, 5.41) is 10.2. The van der Waals surface area contributed by atoms with Crippen molar-refractivity contribution in [1.82, 2.24) is 15.3 Å². The van der Waals surface area contributed by atoms with Gasteiger partial charge in [0.05, 0.1) is 16.7 Å². The smallest absolute Gasteiger partial charge is 0.229 e. The minimum atomic E-state index is -1.09. The average Bonchev–Trinajstić information content (AvgIpc) is 3.48. The number of aromatic nitrogens is 2. The minimum Gasteiger partial charge on any atom is -0.371 e. The zero-order valence-corrected chi connectivity index (χ0v) is 23.2. The van der Waals surface area contributed by atoms with Crippen molar-refractivity contribution in [1.29, 1.82) is 0 Å². The average molecular weight is 531 g/mol. The molecule has 2 heterocycles. The molecule has 2 aliphatic rings. The number of hydrogen-bond acceptors (Lipinski definition) is 7. The van der Waals surface area contributed by atoms with Crippen LogP contribution in [0.5, 0.6) is 0 Å². The Balaban J connectivity index is 1.21. The van der Waals surface area contributed by atoms with E-state index in [4.69, 9.17) is 4.98 Å². The first-order chi connectivity index (χ1) is 18.6. The van der Waals surface area contributed by atoms with Gasteiger partial charge in [-0.3, -0.25) is 4.21 Å². The van der Waals surface area contributed by atoms with Gasteiger partial charge in [-0.05, 0) is 82.0 Å². The number of hydrogen-bond donors (Lipinski definition) is 3. The predicted molar refractivity (Wildman–Crippen MR) is 158 cm³/mol. The second-order valence-corrected chi connectivity index (χ2v) is 11.6. The molecule has 5 rings (SSSR count). The SMILES string of the molecule is CC=C1CCN(c2ccc(Nc3ncc(C)c(Nc4cccc(S(=O)CNC5CCCC5)c4)n3)cc2)CC1. The lowest BCUT2D eigenvalue weighted by atomic mass is 10.0. The Bertz CT molecular complexity index is 1280. The second-order valence-electron chi connectivity index (χ2n) is 10.2. The van der Waals surface area contributed by atoms with Gasteiger partial charge in [0.15, 0.2) is 0 Å². The van der Waals surface area contributed by atoms with Crippen molar-refractivity contribution in [2.24, 2.45) is 0 Å². The maximum Gasteiger partial charge on any atom is 0.229 e. The highest BCUT2D eigenvalue weighted by Gasteiger charge is 2.16. The zero-order valence-electron chi connectivity index (χ0n) is 22.4. The van der Waals surface area contributed by atoms with E-state index in [1.54, 1.807) is 5.57 Å². The number of piperidine rings is 1. The third-order valence-electron chi connectivity index (χ3n) is 7.49. The first-order valence-electron chi connectivity index (χ1n) is 13.7. The number of anilines is 5. The molecule has 1 aliphatic heterocycles. The van der Waals surface area contributed by atoms with Crippen LogP contribution in [0.2, 0.25) is 0 Å². The van der Waals surface area contributed by atoms with Gasteiger partial charge >= 0.3 is 0 Å². The van der Waals surface area contributed by atoms with Crippen molar-refractivity contribution in [2.75, 3.05) is 34.5 Å². The number of rotatable bonds is 9. The molecule has 0 bridgehead atoms. The number of nitrogens with zero attached hydrogens (tertiary/aromatic N) is 3. The van der Waals surface area contributed by atoms with Gasteiger partial charge in [0.1, 0.15) is 5.82 Å². The Morgan fingerprint density at radius 1 is 1.03 bits per heavy atom. The molecule has 0 radical (unpaired) electrons. The topological polar surface area (TPSA) is 82.2 Å². The molecule has 2 fully saturated rings. The van der Waals surface area contributed by atoms with Crippen LogP contribution in [-0.4, -0.2) is 39.2 Å². The molecule has 200 valence electrons. The quantitative estimate of drug-likeness (QED) is 0.276. The molecule has 1 aliphatic carbocycles. The fourth-order valence-corrected chi connectivity index (χ4v) is 6.16. The Morgan fingerprint density at radius 2 is 1.79 bits per heavy atom. The van der Waals surface area contributed by atoms with Crippen LogP contribution in [0.1, 0.15) is 51.0 Å². The summed E-state index contributed by atoms with van der Waals surface area (Å²) in [5.74, 6) is 1.74. The van der Waals surface area contributed by atoms with Gasteiger partial charge in [-0.1, -0.05) is 30.6 Å². The normalized spacial score (nSPS) is 16.9. The van der Waals surface area contributed by atoms with Crippen LogP contribution in [-0.2, 0) is 10.8 Å². The molecular weight excluding hydrogens is 492 g/mol. The van der Waals surface area contributed by atoms with E-state index in [9.17, 15) is 4.21 Å². The van der Waals surface area contributed by atoms with Crippen LogP contribution in [0.15, 0.2) is 71.3 Å². The van der Waals surface area contributed by atoms with E-state index in [0.717, 1.165) is 53.6 Å². The molecule has 1 unspecified atom stereocenters. The summed E-state index contributed by atoms with van der Waals surface area (Å²) in [6.07, 6.45) is 11.2. The molecule has 0 spiro atoms. The summed E-state index contributed by atoms with van der Waals surface area (Å²) in [5.41, 5.74) is 5.54. The molecule has 1 aromatic heterocycles. The van der Waals surface area contributed by atoms with E-state index >= 15 is 0 Å². The van der Waals surface area contributed by atoms with Crippen molar-refractivity contribution in [2.45, 2.75) is 63.3 Å². The van der Waals surface area contributed by atoms with Crippen LogP contribution < -0.4 is 20.9 Å². The predicted octanol–water partition coefficient (Wildman–Crippen LogP) is 6.42. The highest BCUT2D eigenvalue weighted by Crippen LogP contribution is 2.26. The van der Waals surface area contributed by atoms with Gasteiger partial charge in [-0.15, -0.1) is 0 Å². The van der Waals surface area contributed by atoms with E-state index in [1.165, 1.54) is 31.4 Å². The largest absolute Gasteiger partial charge is 0.371 e. The number of benzene rings is 2. The molecule has 3 N–H and O–H groups in total. The summed E-state index contributed by atoms with van der Waals surface area (Å²) in [6.45, 7) is 6.24. The fraction of sp³-hybridized carbons (Fsp3) is 0.400. The summed E-state index contributed by atoms with van der Waals surface area (Å²) in [7, 11) is -1.09. The highest BCUT2D eigenvalue weighted by atomic mass is 32.2. The fourth-order valence-electron chi connectivity index (χ4n) is 5.11. The monoisotopic (exact) mass is 530 g/mol. The Labute approximate surface area is 228 Å². The lowest BCUT2D eigenvalue weighted by molar-refractivity contribution is 0.564. The van der Waals surface area contributed by atoms with Gasteiger partial charge in [0.25, 0.3) is 0 Å². The van der Waals surface area contributed by atoms with Crippen LogP contribution in [0.25, 0.3) is 0 Å². The number of allylic oxidation sites excluding steroid dienone is 1. The lowest BCUT2D eigenvalue weighted by Gasteiger charge is -2.30. The summed E-state index contributed by atoms with van der Waals surface area (Å²) in [4.78, 5) is 12.4. The summed E-state index contributed by atoms with van der Waals surface area (Å²) >= 11 is 0. The van der Waals surface area contributed by atoms with E-state index in [2.05, 4.69) is 63.1 Å². The van der Waals surface area contributed by atoms with Gasteiger partial charge in [0, 0.05) is 52.8 Å². The maximum absolute atomic E-state index is 12.9. The van der Waals surface area contributed by atoms with Gasteiger partial charge in [0.2, 0.25) is 5.95 Å². The van der Waals surface area contributed by atoms with Crippen LogP contribution in [0.4, 0.5) is 28.8 Å². The molecule has 3 aromatic rings. The molecule has 38 heavy (non-hydrogen) atoms. The van der Waals surface area contributed by atoms with Crippen LogP contribution >= 0.6 is 0 Å². The third kappa shape index (κ3) is 6.79. The number of nitrogens with one attached hydrogen (secondary N) is 3. The Kier molecular flexibility index (Phi) is 8.71. The molecule has 1 saturated carbocycles. The molecule has 1 atom stereocenters. The lowest BCUT2D eigenvalue weighted by Crippen LogP contribution is -2.30. The third-order valence-corrected chi connectivity index (χ3v) is 8.70. The van der Waals surface area contributed by atoms with E-state index in [0.29, 0.717) is 17.9 Å². The maximum atomic E-state index is 12.9. The molecule has 8 heteroatoms. The Morgan fingerprint density at radius 3 is 2.53 bits per heavy atom. The van der Waals surface area contributed by atoms with Gasteiger partial charge in [-0.25, -0.2) is 4.98 Å². The van der Waals surface area contributed by atoms with E-state index in [1.807, 2.05) is 37.4 Å². The highest BCUT2D eigenvalue weighted by molar-refractivity contribution is 7.85. The molecular formula is C30H38N6OS. The first-order valence-corrected chi connectivity index (χ1v) is 15.0. The van der Waals surface area contributed by atoms with Crippen molar-refractivity contribution in [3.05, 3.63) is 71.9 Å². The van der Waals surface area contributed by atoms with E-state index in [-0.39, 0.29) is 0 Å². The summed E-state index contributed by atoms with van der Waals surface area (Å²) < 4.78 is 12.9. The molecule has 2 aromatic carbocycles. The van der Waals surface area contributed by atoms with Crippen LogP contribution in [0.3, 0.4) is 0 Å².